The number of hydrogen-bond donors (Lipinski definition) is 3. The second kappa shape index (κ2) is 6.60. The van der Waals surface area contributed by atoms with Crippen molar-refractivity contribution in [3.63, 3.8) is 0 Å². The molecular weight excluding hydrogens is 163 g/mol. The number of aliphatic hydroxyl groups excluding tert-OH is 1. The SMILES string of the molecule is O=C(O)CC(CO)C(=O)O.[NaH]. The molecule has 6 heteroatoms. The zero-order valence-corrected chi connectivity index (χ0v) is 5.15. The van der Waals surface area contributed by atoms with Crippen molar-refractivity contribution in [2.75, 3.05) is 6.61 Å². The Hall–Kier alpha value is -0.100. The van der Waals surface area contributed by atoms with Gasteiger partial charge in [-0.1, -0.05) is 0 Å². The predicted octanol–water partition coefficient (Wildman–Crippen LogP) is -1.49. The van der Waals surface area contributed by atoms with Crippen LogP contribution in [-0.4, -0.2) is 63.4 Å². The molecule has 0 aromatic heterocycles. The van der Waals surface area contributed by atoms with E-state index < -0.39 is 30.9 Å². The fourth-order valence-corrected chi connectivity index (χ4v) is 0.441. The number of aliphatic carboxylic acids is 2. The van der Waals surface area contributed by atoms with Gasteiger partial charge in [-0.2, -0.15) is 0 Å². The summed E-state index contributed by atoms with van der Waals surface area (Å²) in [6.45, 7) is -0.637. The summed E-state index contributed by atoms with van der Waals surface area (Å²) in [4.78, 5) is 19.9. The van der Waals surface area contributed by atoms with Crippen molar-refractivity contribution in [2.24, 2.45) is 5.92 Å². The minimum absolute atomic E-state index is 0. The Kier molecular flexibility index (Phi) is 8.09. The van der Waals surface area contributed by atoms with E-state index in [0.29, 0.717) is 0 Å². The van der Waals surface area contributed by atoms with E-state index in [-0.39, 0.29) is 29.6 Å². The number of rotatable bonds is 4. The Morgan fingerprint density at radius 2 is 1.73 bits per heavy atom. The van der Waals surface area contributed by atoms with Crippen LogP contribution in [0, 0.1) is 5.92 Å². The van der Waals surface area contributed by atoms with E-state index in [2.05, 4.69) is 0 Å². The summed E-state index contributed by atoms with van der Waals surface area (Å²) < 4.78 is 0. The maximum absolute atomic E-state index is 10.0. The van der Waals surface area contributed by atoms with E-state index in [0.717, 1.165) is 0 Å². The summed E-state index contributed by atoms with van der Waals surface area (Å²) in [5.41, 5.74) is 0. The van der Waals surface area contributed by atoms with Crippen LogP contribution >= 0.6 is 0 Å². The summed E-state index contributed by atoms with van der Waals surface area (Å²) in [6.07, 6.45) is -0.536. The quantitative estimate of drug-likeness (QED) is 0.449. The molecule has 5 nitrogen and oxygen atoms in total. The molecule has 3 N–H and O–H groups in total. The molecule has 0 fully saturated rings. The average molecular weight is 172 g/mol. The van der Waals surface area contributed by atoms with Crippen LogP contribution in [0.3, 0.4) is 0 Å². The number of aliphatic hydroxyl groups is 1. The van der Waals surface area contributed by atoms with Crippen molar-refractivity contribution in [1.82, 2.24) is 0 Å². The number of carboxylic acid groups (broad SMARTS) is 2. The van der Waals surface area contributed by atoms with Gasteiger partial charge in [-0.05, 0) is 0 Å². The first-order chi connectivity index (χ1) is 4.57. The Balaban J connectivity index is 0. The zero-order valence-electron chi connectivity index (χ0n) is 5.15. The second-order valence-electron chi connectivity index (χ2n) is 1.82. The normalized spacial score (nSPS) is 11.4. The fraction of sp³-hybridized carbons (Fsp3) is 0.600. The Bertz CT molecular complexity index is 146. The standard InChI is InChI=1S/C5H8O5.Na.H/c6-2-3(5(9)10)1-4(7)8;;/h3,6H,1-2H2,(H,7,8)(H,9,10);;. The van der Waals surface area contributed by atoms with Gasteiger partial charge in [0, 0.05) is 0 Å². The fourth-order valence-electron chi connectivity index (χ4n) is 0.441. The van der Waals surface area contributed by atoms with E-state index in [4.69, 9.17) is 15.3 Å². The van der Waals surface area contributed by atoms with Crippen molar-refractivity contribution < 1.29 is 24.9 Å². The van der Waals surface area contributed by atoms with E-state index >= 15 is 0 Å². The van der Waals surface area contributed by atoms with E-state index in [1.807, 2.05) is 0 Å². The molecule has 0 spiro atoms. The van der Waals surface area contributed by atoms with Crippen molar-refractivity contribution >= 4 is 41.5 Å². The van der Waals surface area contributed by atoms with Crippen LogP contribution < -0.4 is 0 Å². The summed E-state index contributed by atoms with van der Waals surface area (Å²) in [5.74, 6) is -3.69. The summed E-state index contributed by atoms with van der Waals surface area (Å²) >= 11 is 0. The molecule has 1 unspecified atom stereocenters. The molecule has 0 aromatic carbocycles. The Labute approximate surface area is 85.3 Å². The second-order valence-corrected chi connectivity index (χ2v) is 1.82. The van der Waals surface area contributed by atoms with Gasteiger partial charge < -0.3 is 15.3 Å². The molecule has 0 saturated carbocycles. The third kappa shape index (κ3) is 6.30. The maximum atomic E-state index is 10.0. The number of carboxylic acids is 2. The molecule has 60 valence electrons. The molecule has 0 aliphatic carbocycles. The molecule has 0 rings (SSSR count). The third-order valence-corrected chi connectivity index (χ3v) is 0.991. The summed E-state index contributed by atoms with van der Waals surface area (Å²) in [7, 11) is 0. The van der Waals surface area contributed by atoms with Gasteiger partial charge in [0.05, 0.1) is 18.9 Å². The summed E-state index contributed by atoms with van der Waals surface area (Å²) in [5, 5.41) is 24.6. The first-order valence-electron chi connectivity index (χ1n) is 2.63. The monoisotopic (exact) mass is 172 g/mol. The molecule has 0 radical (unpaired) electrons. The molecule has 0 aromatic rings. The topological polar surface area (TPSA) is 94.8 Å². The van der Waals surface area contributed by atoms with E-state index in [1.54, 1.807) is 0 Å². The van der Waals surface area contributed by atoms with Crippen molar-refractivity contribution in [1.29, 1.82) is 0 Å². The predicted molar refractivity (Wildman–Crippen MR) is 37.6 cm³/mol. The molecule has 0 bridgehead atoms. The van der Waals surface area contributed by atoms with Gasteiger partial charge >= 0.3 is 41.5 Å². The third-order valence-electron chi connectivity index (χ3n) is 0.991. The van der Waals surface area contributed by atoms with Crippen LogP contribution in [0.2, 0.25) is 0 Å². The van der Waals surface area contributed by atoms with E-state index in [1.165, 1.54) is 0 Å². The Morgan fingerprint density at radius 3 is 1.82 bits per heavy atom. The van der Waals surface area contributed by atoms with Crippen LogP contribution in [0.4, 0.5) is 0 Å². The van der Waals surface area contributed by atoms with Gasteiger partial charge in [0.25, 0.3) is 0 Å². The number of hydrogen-bond acceptors (Lipinski definition) is 3. The van der Waals surface area contributed by atoms with Gasteiger partial charge in [0.15, 0.2) is 0 Å². The molecular formula is C5H9NaO5. The number of carbonyl (C=O) groups is 2. The van der Waals surface area contributed by atoms with Crippen molar-refractivity contribution in [2.45, 2.75) is 6.42 Å². The van der Waals surface area contributed by atoms with Gasteiger partial charge in [0.1, 0.15) is 0 Å². The van der Waals surface area contributed by atoms with Crippen LogP contribution in [0.5, 0.6) is 0 Å². The van der Waals surface area contributed by atoms with Gasteiger partial charge in [-0.3, -0.25) is 9.59 Å². The first-order valence-corrected chi connectivity index (χ1v) is 2.63. The van der Waals surface area contributed by atoms with Gasteiger partial charge in [-0.25, -0.2) is 0 Å². The molecule has 0 aliphatic rings. The molecule has 0 amide bonds. The first kappa shape index (κ1) is 13.5. The summed E-state index contributed by atoms with van der Waals surface area (Å²) in [6, 6.07) is 0. The Morgan fingerprint density at radius 1 is 1.27 bits per heavy atom. The molecule has 0 saturated heterocycles. The molecule has 1 atom stereocenters. The molecule has 11 heavy (non-hydrogen) atoms. The zero-order chi connectivity index (χ0) is 8.15. The van der Waals surface area contributed by atoms with Crippen LogP contribution in [0.15, 0.2) is 0 Å². The van der Waals surface area contributed by atoms with Crippen molar-refractivity contribution in [3.8, 4) is 0 Å². The molecule has 0 heterocycles. The van der Waals surface area contributed by atoms with Crippen LogP contribution in [0.25, 0.3) is 0 Å². The van der Waals surface area contributed by atoms with Gasteiger partial charge in [0.2, 0.25) is 0 Å². The molecule has 0 aliphatic heterocycles. The average Bonchev–Trinajstić information content (AvgIpc) is 1.81. The van der Waals surface area contributed by atoms with Gasteiger partial charge in [-0.15, -0.1) is 0 Å². The van der Waals surface area contributed by atoms with Crippen LogP contribution in [0.1, 0.15) is 6.42 Å². The minimum atomic E-state index is -1.29. The van der Waals surface area contributed by atoms with Crippen LogP contribution in [-0.2, 0) is 9.59 Å². The van der Waals surface area contributed by atoms with E-state index in [9.17, 15) is 9.59 Å². The van der Waals surface area contributed by atoms with Crippen molar-refractivity contribution in [3.05, 3.63) is 0 Å².